The van der Waals surface area contributed by atoms with E-state index in [1.807, 2.05) is 12.1 Å². The number of rotatable bonds is 5. The molecule has 0 heterocycles. The number of hydrogen-bond donors (Lipinski definition) is 0. The molecule has 108 valence electrons. The van der Waals surface area contributed by atoms with Crippen molar-refractivity contribution in [2.45, 2.75) is 32.6 Å². The maximum atomic E-state index is 11.5. The van der Waals surface area contributed by atoms with Crippen LogP contribution in [0.5, 0.6) is 5.75 Å². The highest BCUT2D eigenvalue weighted by atomic mass is 79.9. The van der Waals surface area contributed by atoms with Gasteiger partial charge >= 0.3 is 5.97 Å². The first-order valence-electron chi connectivity index (χ1n) is 6.63. The number of alkyl halides is 1. The number of carbonyl (C=O) groups is 2. The lowest BCUT2D eigenvalue weighted by Gasteiger charge is -2.25. The summed E-state index contributed by atoms with van der Waals surface area (Å²) in [7, 11) is 0. The summed E-state index contributed by atoms with van der Waals surface area (Å²) >= 11 is 3.20. The van der Waals surface area contributed by atoms with Gasteiger partial charge in [0, 0.05) is 18.9 Å². The summed E-state index contributed by atoms with van der Waals surface area (Å²) < 4.78 is 0. The van der Waals surface area contributed by atoms with E-state index in [0.717, 1.165) is 24.8 Å². The van der Waals surface area contributed by atoms with Crippen LogP contribution in [-0.4, -0.2) is 17.1 Å². The molecule has 0 amide bonds. The summed E-state index contributed by atoms with van der Waals surface area (Å²) in [6.07, 6.45) is 3.27. The van der Waals surface area contributed by atoms with Crippen molar-refractivity contribution in [1.82, 2.24) is 0 Å². The molecule has 4 nitrogen and oxygen atoms in total. The molecule has 0 saturated carbocycles. The third-order valence-electron chi connectivity index (χ3n) is 3.46. The standard InChI is InChI=1S/C15H17BrO4/c1-10(17)19-20-15-4-2-3-12-7-11(5-6-14(12)15)8-13(18)9-16/h2-4,11H,5-9H2,1H3. The highest BCUT2D eigenvalue weighted by molar-refractivity contribution is 9.09. The van der Waals surface area contributed by atoms with Gasteiger partial charge in [-0.3, -0.25) is 14.6 Å². The third-order valence-corrected chi connectivity index (χ3v) is 4.08. The molecule has 0 spiro atoms. The van der Waals surface area contributed by atoms with Gasteiger partial charge in [0.15, 0.2) is 5.75 Å². The maximum absolute atomic E-state index is 11.5. The van der Waals surface area contributed by atoms with Crippen molar-refractivity contribution in [2.75, 3.05) is 5.33 Å². The average Bonchev–Trinajstić information content (AvgIpc) is 2.44. The van der Waals surface area contributed by atoms with Gasteiger partial charge in [-0.1, -0.05) is 28.1 Å². The largest absolute Gasteiger partial charge is 0.352 e. The number of carbonyl (C=O) groups excluding carboxylic acids is 2. The van der Waals surface area contributed by atoms with E-state index in [0.29, 0.717) is 23.4 Å². The molecule has 20 heavy (non-hydrogen) atoms. The normalized spacial score (nSPS) is 17.2. The van der Waals surface area contributed by atoms with E-state index < -0.39 is 5.97 Å². The summed E-state index contributed by atoms with van der Waals surface area (Å²) in [5, 5.41) is 0.423. The van der Waals surface area contributed by atoms with Crippen molar-refractivity contribution in [3.8, 4) is 5.75 Å². The van der Waals surface area contributed by atoms with Gasteiger partial charge in [0.2, 0.25) is 0 Å². The molecule has 1 aliphatic rings. The quantitative estimate of drug-likeness (QED) is 0.469. The Morgan fingerprint density at radius 2 is 2.20 bits per heavy atom. The molecule has 0 bridgehead atoms. The number of benzene rings is 1. The second kappa shape index (κ2) is 6.88. The van der Waals surface area contributed by atoms with Gasteiger partial charge in [-0.15, -0.1) is 0 Å². The molecular weight excluding hydrogens is 324 g/mol. The van der Waals surface area contributed by atoms with Gasteiger partial charge < -0.3 is 0 Å². The number of fused-ring (bicyclic) bond motifs is 1. The Morgan fingerprint density at radius 3 is 2.90 bits per heavy atom. The molecule has 0 radical (unpaired) electrons. The summed E-state index contributed by atoms with van der Waals surface area (Å²) in [5.41, 5.74) is 2.25. The molecule has 0 aromatic heterocycles. The maximum Gasteiger partial charge on any atom is 0.352 e. The zero-order chi connectivity index (χ0) is 14.5. The van der Waals surface area contributed by atoms with E-state index >= 15 is 0 Å². The topological polar surface area (TPSA) is 52.6 Å². The minimum absolute atomic E-state index is 0.241. The van der Waals surface area contributed by atoms with Crippen LogP contribution in [0, 0.1) is 5.92 Å². The lowest BCUT2D eigenvalue weighted by molar-refractivity contribution is -0.211. The van der Waals surface area contributed by atoms with E-state index in [2.05, 4.69) is 20.8 Å². The Kier molecular flexibility index (Phi) is 5.17. The van der Waals surface area contributed by atoms with Crippen LogP contribution in [0.1, 0.15) is 30.9 Å². The van der Waals surface area contributed by atoms with Crippen LogP contribution < -0.4 is 4.89 Å². The molecule has 1 aromatic carbocycles. The average molecular weight is 341 g/mol. The minimum atomic E-state index is -0.473. The summed E-state index contributed by atoms with van der Waals surface area (Å²) in [6.45, 7) is 1.30. The molecule has 2 rings (SSSR count). The molecule has 0 aliphatic heterocycles. The Balaban J connectivity index is 2.07. The monoisotopic (exact) mass is 340 g/mol. The van der Waals surface area contributed by atoms with Gasteiger partial charge in [-0.05, 0) is 36.8 Å². The predicted molar refractivity (Wildman–Crippen MR) is 77.8 cm³/mol. The van der Waals surface area contributed by atoms with E-state index in [1.54, 1.807) is 6.07 Å². The van der Waals surface area contributed by atoms with Gasteiger partial charge in [-0.25, -0.2) is 4.79 Å². The lowest BCUT2D eigenvalue weighted by Crippen LogP contribution is -2.19. The predicted octanol–water partition coefficient (Wildman–Crippen LogP) is 3.00. The number of ketones is 1. The first-order valence-corrected chi connectivity index (χ1v) is 7.75. The lowest BCUT2D eigenvalue weighted by atomic mass is 9.81. The Morgan fingerprint density at radius 1 is 1.40 bits per heavy atom. The SMILES string of the molecule is CC(=O)OOc1cccc2c1CCC(CC(=O)CBr)C2. The fourth-order valence-electron chi connectivity index (χ4n) is 2.58. The van der Waals surface area contributed by atoms with Crippen molar-refractivity contribution in [2.24, 2.45) is 5.92 Å². The number of hydrogen-bond acceptors (Lipinski definition) is 4. The smallest absolute Gasteiger partial charge is 0.299 e. The second-order valence-corrected chi connectivity index (χ2v) is 5.60. The van der Waals surface area contributed by atoms with Crippen molar-refractivity contribution < 1.29 is 19.4 Å². The van der Waals surface area contributed by atoms with Crippen molar-refractivity contribution in [3.63, 3.8) is 0 Å². The van der Waals surface area contributed by atoms with E-state index in [-0.39, 0.29) is 5.78 Å². The number of halogens is 1. The summed E-state index contributed by atoms with van der Waals surface area (Å²) in [6, 6.07) is 5.72. The first-order chi connectivity index (χ1) is 9.60. The first kappa shape index (κ1) is 15.0. The molecular formula is C15H17BrO4. The van der Waals surface area contributed by atoms with Gasteiger partial charge in [0.1, 0.15) is 5.78 Å². The van der Waals surface area contributed by atoms with Crippen molar-refractivity contribution in [1.29, 1.82) is 0 Å². The summed E-state index contributed by atoms with van der Waals surface area (Å²) in [4.78, 5) is 32.0. The Bertz CT molecular complexity index is 513. The summed E-state index contributed by atoms with van der Waals surface area (Å²) in [5.74, 6) is 0.754. The highest BCUT2D eigenvalue weighted by Crippen LogP contribution is 2.33. The van der Waals surface area contributed by atoms with Crippen LogP contribution in [-0.2, 0) is 27.3 Å². The zero-order valence-corrected chi connectivity index (χ0v) is 12.9. The van der Waals surface area contributed by atoms with Crippen LogP contribution in [0.2, 0.25) is 0 Å². The number of Topliss-reactive ketones (excluding diaryl/α,β-unsaturated/α-hetero) is 1. The molecule has 1 atom stereocenters. The second-order valence-electron chi connectivity index (χ2n) is 5.04. The molecule has 1 aromatic rings. The van der Waals surface area contributed by atoms with E-state index in [9.17, 15) is 9.59 Å². The van der Waals surface area contributed by atoms with Crippen LogP contribution in [0.25, 0.3) is 0 Å². The minimum Gasteiger partial charge on any atom is -0.299 e. The molecule has 0 N–H and O–H groups in total. The third kappa shape index (κ3) is 3.82. The Labute approximate surface area is 126 Å². The van der Waals surface area contributed by atoms with Crippen LogP contribution in [0.15, 0.2) is 18.2 Å². The van der Waals surface area contributed by atoms with Crippen LogP contribution in [0.3, 0.4) is 0 Å². The highest BCUT2D eigenvalue weighted by Gasteiger charge is 2.23. The van der Waals surface area contributed by atoms with Gasteiger partial charge in [0.25, 0.3) is 0 Å². The van der Waals surface area contributed by atoms with Crippen LogP contribution in [0.4, 0.5) is 0 Å². The fraction of sp³-hybridized carbons (Fsp3) is 0.467. The van der Waals surface area contributed by atoms with Gasteiger partial charge in [-0.2, -0.15) is 0 Å². The Hall–Kier alpha value is -1.36. The van der Waals surface area contributed by atoms with Gasteiger partial charge in [0.05, 0.1) is 5.33 Å². The van der Waals surface area contributed by atoms with E-state index in [1.165, 1.54) is 12.5 Å². The molecule has 1 unspecified atom stereocenters. The molecule has 1 aliphatic carbocycles. The molecule has 5 heteroatoms. The van der Waals surface area contributed by atoms with E-state index in [4.69, 9.17) is 4.89 Å². The molecule has 0 fully saturated rings. The zero-order valence-electron chi connectivity index (χ0n) is 11.4. The van der Waals surface area contributed by atoms with Crippen molar-refractivity contribution >= 4 is 27.7 Å². The van der Waals surface area contributed by atoms with Crippen molar-refractivity contribution in [3.05, 3.63) is 29.3 Å². The fourth-order valence-corrected chi connectivity index (χ4v) is 2.81. The molecule has 0 saturated heterocycles. The van der Waals surface area contributed by atoms with Crippen LogP contribution >= 0.6 is 15.9 Å².